The van der Waals surface area contributed by atoms with Gasteiger partial charge in [0, 0.05) is 13.1 Å². The molecule has 2 nitrogen and oxygen atoms in total. The van der Waals surface area contributed by atoms with Crippen LogP contribution in [0, 0.1) is 24.8 Å². The Labute approximate surface area is 116 Å². The minimum Gasteiger partial charge on any atom is -0.358 e. The fourth-order valence-corrected chi connectivity index (χ4v) is 1.07. The second kappa shape index (κ2) is 11.0. The standard InChI is InChI=1S/C11H8N.C2H3N.CH3.Os/c1-2-6-10(7-3-1)11-8-4-5-9-12-11;1-2-3;;/h1-6,8-9H;1H3;1H3;/q-1;;-1;+2. The molecule has 0 N–H and O–H groups in total. The Hall–Kier alpha value is -1.50. The molecule has 1 aromatic carbocycles. The zero-order chi connectivity index (χ0) is 10.9. The number of pyridine rings is 1. The third-order valence-electron chi connectivity index (χ3n) is 1.65. The van der Waals surface area contributed by atoms with Crippen LogP contribution in [0.2, 0.25) is 0 Å². The number of hydrogen-bond donors (Lipinski definition) is 0. The number of aromatic nitrogens is 1. The Morgan fingerprint density at radius 3 is 2.29 bits per heavy atom. The molecule has 0 unspecified atom stereocenters. The van der Waals surface area contributed by atoms with Gasteiger partial charge in [-0.25, -0.2) is 0 Å². The van der Waals surface area contributed by atoms with Crippen molar-refractivity contribution in [3.63, 3.8) is 0 Å². The first-order chi connectivity index (χ1) is 7.38. The van der Waals surface area contributed by atoms with E-state index in [9.17, 15) is 0 Å². The molecule has 2 aromatic rings. The summed E-state index contributed by atoms with van der Waals surface area (Å²) in [6, 6.07) is 18.6. The molecule has 0 amide bonds. The van der Waals surface area contributed by atoms with E-state index in [4.69, 9.17) is 5.26 Å². The molecule has 0 aliphatic rings. The molecule has 3 heteroatoms. The van der Waals surface area contributed by atoms with Crippen molar-refractivity contribution in [3.8, 4) is 17.3 Å². The smallest absolute Gasteiger partial charge is 0.358 e. The van der Waals surface area contributed by atoms with E-state index in [0.717, 1.165) is 11.3 Å². The number of nitrogens with zero attached hydrogens (tertiary/aromatic N) is 2. The van der Waals surface area contributed by atoms with Crippen molar-refractivity contribution >= 4 is 0 Å². The van der Waals surface area contributed by atoms with E-state index in [-0.39, 0.29) is 27.2 Å². The number of benzene rings is 1. The molecule has 88 valence electrons. The molecule has 0 atom stereocenters. The van der Waals surface area contributed by atoms with Gasteiger partial charge in [0.1, 0.15) is 0 Å². The van der Waals surface area contributed by atoms with Crippen molar-refractivity contribution < 1.29 is 19.8 Å². The van der Waals surface area contributed by atoms with E-state index >= 15 is 0 Å². The van der Waals surface area contributed by atoms with Gasteiger partial charge in [-0.2, -0.15) is 5.26 Å². The first-order valence-corrected chi connectivity index (χ1v) is 4.57. The van der Waals surface area contributed by atoms with Crippen molar-refractivity contribution in [2.24, 2.45) is 0 Å². The molecule has 0 fully saturated rings. The minimum atomic E-state index is 0. The van der Waals surface area contributed by atoms with Crippen molar-refractivity contribution in [2.45, 2.75) is 6.92 Å². The van der Waals surface area contributed by atoms with Crippen LogP contribution in [0.4, 0.5) is 0 Å². The summed E-state index contributed by atoms with van der Waals surface area (Å²) in [5, 5.41) is 7.32. The second-order valence-corrected chi connectivity index (χ2v) is 2.71. The Morgan fingerprint density at radius 1 is 1.18 bits per heavy atom. The first-order valence-electron chi connectivity index (χ1n) is 4.57. The van der Waals surface area contributed by atoms with E-state index in [2.05, 4.69) is 11.1 Å². The minimum absolute atomic E-state index is 0. The van der Waals surface area contributed by atoms with E-state index in [1.165, 1.54) is 6.92 Å². The molecule has 1 aromatic heterocycles. The van der Waals surface area contributed by atoms with Crippen molar-refractivity contribution in [1.82, 2.24) is 4.98 Å². The van der Waals surface area contributed by atoms with Crippen LogP contribution in [-0.2, 0) is 19.8 Å². The maximum atomic E-state index is 7.32. The largest absolute Gasteiger partial charge is 2.00 e. The summed E-state index contributed by atoms with van der Waals surface area (Å²) in [5.74, 6) is 0. The van der Waals surface area contributed by atoms with Crippen LogP contribution in [0.1, 0.15) is 6.92 Å². The maximum Gasteiger partial charge on any atom is 2.00 e. The molecular weight excluding hydrogens is 386 g/mol. The average molecular weight is 401 g/mol. The van der Waals surface area contributed by atoms with Crippen molar-refractivity contribution in [1.29, 1.82) is 5.26 Å². The average Bonchev–Trinajstić information content (AvgIpc) is 2.32. The molecule has 17 heavy (non-hydrogen) atoms. The van der Waals surface area contributed by atoms with E-state index < -0.39 is 0 Å². The van der Waals surface area contributed by atoms with Gasteiger partial charge in [-0.05, 0) is 11.8 Å². The van der Waals surface area contributed by atoms with Gasteiger partial charge in [-0.15, -0.1) is 35.9 Å². The van der Waals surface area contributed by atoms with Gasteiger partial charge in [-0.3, -0.25) is 0 Å². The third kappa shape index (κ3) is 6.62. The number of rotatable bonds is 1. The molecule has 0 radical (unpaired) electrons. The van der Waals surface area contributed by atoms with Gasteiger partial charge in [-0.1, -0.05) is 12.1 Å². The Balaban J connectivity index is 0. The summed E-state index contributed by atoms with van der Waals surface area (Å²) < 4.78 is 0. The summed E-state index contributed by atoms with van der Waals surface area (Å²) in [4.78, 5) is 4.22. The third-order valence-corrected chi connectivity index (χ3v) is 1.65. The van der Waals surface area contributed by atoms with E-state index in [1.807, 2.05) is 42.5 Å². The van der Waals surface area contributed by atoms with Crippen LogP contribution in [0.25, 0.3) is 11.3 Å². The van der Waals surface area contributed by atoms with Gasteiger partial charge in [0.05, 0.1) is 6.07 Å². The fraction of sp³-hybridized carbons (Fsp3) is 0.0714. The van der Waals surface area contributed by atoms with E-state index in [1.54, 1.807) is 12.3 Å². The molecule has 0 aliphatic carbocycles. The quantitative estimate of drug-likeness (QED) is 0.687. The number of nitriles is 1. The van der Waals surface area contributed by atoms with E-state index in [0.29, 0.717) is 0 Å². The maximum absolute atomic E-state index is 7.32. The SMILES string of the molecule is CC#N.[CH3-].[Os+2].[c-]1ccccc1-c1ccccn1. The van der Waals surface area contributed by atoms with Crippen LogP contribution >= 0.6 is 0 Å². The van der Waals surface area contributed by atoms with Gasteiger partial charge in [0.25, 0.3) is 0 Å². The van der Waals surface area contributed by atoms with Gasteiger partial charge < -0.3 is 12.4 Å². The molecule has 2 rings (SSSR count). The fourth-order valence-electron chi connectivity index (χ4n) is 1.07. The van der Waals surface area contributed by atoms with Crippen molar-refractivity contribution in [3.05, 3.63) is 62.2 Å². The zero-order valence-electron chi connectivity index (χ0n) is 9.87. The van der Waals surface area contributed by atoms with Crippen LogP contribution in [-0.4, -0.2) is 4.98 Å². The normalized spacial score (nSPS) is 7.29. The Morgan fingerprint density at radius 2 is 1.82 bits per heavy atom. The summed E-state index contributed by atoms with van der Waals surface area (Å²) in [7, 11) is 0. The molecule has 0 bridgehead atoms. The molecule has 0 aliphatic heterocycles. The molecule has 0 saturated heterocycles. The monoisotopic (exact) mass is 402 g/mol. The molecule has 0 spiro atoms. The Bertz CT molecular complexity index is 383. The predicted molar refractivity (Wildman–Crippen MR) is 66.2 cm³/mol. The first kappa shape index (κ1) is 17.9. The summed E-state index contributed by atoms with van der Waals surface area (Å²) in [6.45, 7) is 1.43. The number of hydrogen-bond acceptors (Lipinski definition) is 2. The topological polar surface area (TPSA) is 36.7 Å². The van der Waals surface area contributed by atoms with Crippen LogP contribution in [0.15, 0.2) is 48.7 Å². The zero-order valence-corrected chi connectivity index (χ0v) is 12.4. The van der Waals surface area contributed by atoms with Crippen LogP contribution < -0.4 is 0 Å². The van der Waals surface area contributed by atoms with Gasteiger partial charge in [0.2, 0.25) is 0 Å². The summed E-state index contributed by atoms with van der Waals surface area (Å²) in [6.07, 6.45) is 1.79. The molecule has 0 saturated carbocycles. The summed E-state index contributed by atoms with van der Waals surface area (Å²) in [5.41, 5.74) is 2.01. The van der Waals surface area contributed by atoms with Crippen LogP contribution in [0.3, 0.4) is 0 Å². The predicted octanol–water partition coefficient (Wildman–Crippen LogP) is 3.53. The second-order valence-electron chi connectivity index (χ2n) is 2.71. The molecular formula is C14H14N2Os. The molecule has 1 heterocycles. The summed E-state index contributed by atoms with van der Waals surface area (Å²) >= 11 is 0. The Kier molecular flexibility index (Phi) is 11.6. The van der Waals surface area contributed by atoms with Gasteiger partial charge >= 0.3 is 19.8 Å². The van der Waals surface area contributed by atoms with Gasteiger partial charge in [0.15, 0.2) is 0 Å². The van der Waals surface area contributed by atoms with Crippen molar-refractivity contribution in [2.75, 3.05) is 0 Å². The van der Waals surface area contributed by atoms with Crippen LogP contribution in [0.5, 0.6) is 0 Å².